The molecule has 0 unspecified atom stereocenters. The Hall–Kier alpha value is -2.15. The predicted octanol–water partition coefficient (Wildman–Crippen LogP) is 5.41. The van der Waals surface area contributed by atoms with Crippen molar-refractivity contribution in [2.75, 3.05) is 18.4 Å². The molecule has 0 fully saturated rings. The van der Waals surface area contributed by atoms with Gasteiger partial charge in [-0.1, -0.05) is 6.07 Å². The first-order valence-electron chi connectivity index (χ1n) is 9.78. The van der Waals surface area contributed by atoms with Gasteiger partial charge in [-0.3, -0.25) is 0 Å². The Labute approximate surface area is 169 Å². The van der Waals surface area contributed by atoms with Gasteiger partial charge in [0.25, 0.3) is 0 Å². The lowest BCUT2D eigenvalue weighted by Crippen LogP contribution is -2.45. The van der Waals surface area contributed by atoms with Crippen LogP contribution in [0.25, 0.3) is 11.3 Å². The van der Waals surface area contributed by atoms with E-state index in [0.29, 0.717) is 6.54 Å². The van der Waals surface area contributed by atoms with Crippen LogP contribution in [0.2, 0.25) is 0 Å². The van der Waals surface area contributed by atoms with Gasteiger partial charge in [-0.15, -0.1) is 11.3 Å². The van der Waals surface area contributed by atoms with Gasteiger partial charge in [0.1, 0.15) is 5.82 Å². The standard InChI is InChI=1S/C21H28FN3O2S/c1-21(2,3)25(20(26)27)12-5-4-11-23-19-24-18-16-13-15(22)10-9-14(16)7-6-8-17(18)28-19/h9-10,13H,4-8,11-12H2,1-3H3,(H,23,24)(H,26,27). The zero-order valence-corrected chi connectivity index (χ0v) is 17.5. The fourth-order valence-electron chi connectivity index (χ4n) is 3.54. The average Bonchev–Trinajstić information content (AvgIpc) is 2.93. The third-order valence-corrected chi connectivity index (χ3v) is 6.07. The summed E-state index contributed by atoms with van der Waals surface area (Å²) in [6.45, 7) is 6.97. The molecule has 1 aliphatic carbocycles. The van der Waals surface area contributed by atoms with Crippen molar-refractivity contribution in [1.29, 1.82) is 0 Å². The molecule has 5 nitrogen and oxygen atoms in total. The van der Waals surface area contributed by atoms with Crippen LogP contribution < -0.4 is 5.32 Å². The number of halogens is 1. The molecular formula is C21H28FN3O2S. The second-order valence-corrected chi connectivity index (χ2v) is 9.27. The molecular weight excluding hydrogens is 377 g/mol. The summed E-state index contributed by atoms with van der Waals surface area (Å²) in [7, 11) is 0. The maximum absolute atomic E-state index is 13.7. The number of thiazole rings is 1. The molecule has 1 amide bonds. The van der Waals surface area contributed by atoms with E-state index < -0.39 is 11.6 Å². The Morgan fingerprint density at radius 1 is 1.32 bits per heavy atom. The van der Waals surface area contributed by atoms with Crippen molar-refractivity contribution >= 4 is 22.6 Å². The summed E-state index contributed by atoms with van der Waals surface area (Å²) in [6.07, 6.45) is 3.73. The maximum Gasteiger partial charge on any atom is 0.407 e. The maximum atomic E-state index is 13.7. The Morgan fingerprint density at radius 2 is 2.11 bits per heavy atom. The fourth-order valence-corrected chi connectivity index (χ4v) is 4.59. The highest BCUT2D eigenvalue weighted by atomic mass is 32.1. The molecule has 0 spiro atoms. The van der Waals surface area contributed by atoms with E-state index >= 15 is 0 Å². The number of hydrogen-bond donors (Lipinski definition) is 2. The minimum absolute atomic E-state index is 0.226. The molecule has 0 radical (unpaired) electrons. The lowest BCUT2D eigenvalue weighted by atomic mass is 10.0. The second kappa shape index (κ2) is 8.47. The van der Waals surface area contributed by atoms with Crippen LogP contribution in [0.15, 0.2) is 18.2 Å². The van der Waals surface area contributed by atoms with E-state index in [-0.39, 0.29) is 5.82 Å². The fraction of sp³-hybridized carbons (Fsp3) is 0.524. The van der Waals surface area contributed by atoms with E-state index in [2.05, 4.69) is 5.32 Å². The molecule has 1 aromatic heterocycles. The third-order valence-electron chi connectivity index (χ3n) is 5.00. The van der Waals surface area contributed by atoms with Crippen LogP contribution in [0.5, 0.6) is 0 Å². The van der Waals surface area contributed by atoms with Gasteiger partial charge < -0.3 is 15.3 Å². The number of hydrogen-bond acceptors (Lipinski definition) is 4. The number of carbonyl (C=O) groups is 1. The molecule has 0 bridgehead atoms. The van der Waals surface area contributed by atoms with Gasteiger partial charge in [-0.25, -0.2) is 14.2 Å². The average molecular weight is 406 g/mol. The largest absolute Gasteiger partial charge is 0.465 e. The number of nitrogens with one attached hydrogen (secondary N) is 1. The van der Waals surface area contributed by atoms with Crippen LogP contribution in [-0.4, -0.2) is 39.7 Å². The second-order valence-electron chi connectivity index (χ2n) is 8.18. The van der Waals surface area contributed by atoms with Crippen molar-refractivity contribution in [1.82, 2.24) is 9.88 Å². The van der Waals surface area contributed by atoms with E-state index in [1.54, 1.807) is 17.4 Å². The number of aryl methyl sites for hydroxylation is 2. The minimum atomic E-state index is -0.880. The lowest BCUT2D eigenvalue weighted by Gasteiger charge is -2.33. The van der Waals surface area contributed by atoms with Crippen molar-refractivity contribution in [2.45, 2.75) is 58.4 Å². The summed E-state index contributed by atoms with van der Waals surface area (Å²) in [4.78, 5) is 18.8. The number of aromatic nitrogens is 1. The number of benzene rings is 1. The summed E-state index contributed by atoms with van der Waals surface area (Å²) >= 11 is 1.64. The normalized spacial score (nSPS) is 13.4. The summed E-state index contributed by atoms with van der Waals surface area (Å²) in [5, 5.41) is 13.5. The van der Waals surface area contributed by atoms with Gasteiger partial charge in [0.05, 0.1) is 5.69 Å². The predicted molar refractivity (Wildman–Crippen MR) is 112 cm³/mol. The Balaban J connectivity index is 1.58. The van der Waals surface area contributed by atoms with Gasteiger partial charge >= 0.3 is 6.09 Å². The molecule has 152 valence electrons. The highest BCUT2D eigenvalue weighted by Gasteiger charge is 2.25. The number of anilines is 1. The number of carboxylic acid groups (broad SMARTS) is 1. The molecule has 1 aromatic carbocycles. The molecule has 0 atom stereocenters. The van der Waals surface area contributed by atoms with E-state index in [9.17, 15) is 14.3 Å². The molecule has 28 heavy (non-hydrogen) atoms. The smallest absolute Gasteiger partial charge is 0.407 e. The zero-order chi connectivity index (χ0) is 20.3. The quantitative estimate of drug-likeness (QED) is 0.631. The Bertz CT molecular complexity index is 845. The minimum Gasteiger partial charge on any atom is -0.465 e. The van der Waals surface area contributed by atoms with Crippen molar-refractivity contribution in [2.24, 2.45) is 0 Å². The molecule has 0 aliphatic heterocycles. The number of rotatable bonds is 6. The molecule has 1 heterocycles. The van der Waals surface area contributed by atoms with Crippen molar-refractivity contribution in [3.05, 3.63) is 34.5 Å². The van der Waals surface area contributed by atoms with Crippen molar-refractivity contribution < 1.29 is 14.3 Å². The molecule has 3 rings (SSSR count). The molecule has 2 N–H and O–H groups in total. The molecule has 2 aromatic rings. The van der Waals surface area contributed by atoms with Gasteiger partial charge in [0.2, 0.25) is 0 Å². The van der Waals surface area contributed by atoms with E-state index in [1.807, 2.05) is 26.8 Å². The third kappa shape index (κ3) is 4.82. The van der Waals surface area contributed by atoms with Crippen LogP contribution in [-0.2, 0) is 12.8 Å². The number of amides is 1. The molecule has 0 saturated heterocycles. The summed E-state index contributed by atoms with van der Waals surface area (Å²) in [5.74, 6) is -0.226. The highest BCUT2D eigenvalue weighted by molar-refractivity contribution is 7.16. The van der Waals surface area contributed by atoms with Gasteiger partial charge in [-0.2, -0.15) is 0 Å². The SMILES string of the molecule is CC(C)(C)N(CCCCNc1nc2c(s1)CCCc1ccc(F)cc1-2)C(=O)O. The highest BCUT2D eigenvalue weighted by Crippen LogP contribution is 2.37. The van der Waals surface area contributed by atoms with Gasteiger partial charge in [-0.05, 0) is 70.6 Å². The van der Waals surface area contributed by atoms with Crippen molar-refractivity contribution in [3.8, 4) is 11.3 Å². The zero-order valence-electron chi connectivity index (χ0n) is 16.7. The van der Waals surface area contributed by atoms with Crippen molar-refractivity contribution in [3.63, 3.8) is 0 Å². The topological polar surface area (TPSA) is 65.5 Å². The van der Waals surface area contributed by atoms with Gasteiger partial charge in [0.15, 0.2) is 5.13 Å². The van der Waals surface area contributed by atoms with Crippen LogP contribution in [0.1, 0.15) is 50.5 Å². The van der Waals surface area contributed by atoms with Crippen LogP contribution in [0.3, 0.4) is 0 Å². The van der Waals surface area contributed by atoms with Crippen LogP contribution in [0, 0.1) is 5.82 Å². The van der Waals surface area contributed by atoms with E-state index in [1.165, 1.54) is 15.8 Å². The Morgan fingerprint density at radius 3 is 2.82 bits per heavy atom. The van der Waals surface area contributed by atoms with E-state index in [4.69, 9.17) is 4.98 Å². The van der Waals surface area contributed by atoms with E-state index in [0.717, 1.165) is 60.6 Å². The number of unbranched alkanes of at least 4 members (excludes halogenated alkanes) is 1. The van der Waals surface area contributed by atoms with Crippen LogP contribution in [0.4, 0.5) is 14.3 Å². The number of nitrogens with zero attached hydrogens (tertiary/aromatic N) is 2. The first kappa shape index (κ1) is 20.6. The summed E-state index contributed by atoms with van der Waals surface area (Å²) < 4.78 is 13.7. The van der Waals surface area contributed by atoms with Gasteiger partial charge in [0, 0.05) is 29.1 Å². The van der Waals surface area contributed by atoms with Crippen LogP contribution >= 0.6 is 11.3 Å². The molecule has 0 saturated carbocycles. The summed E-state index contributed by atoms with van der Waals surface area (Å²) in [6, 6.07) is 4.99. The molecule has 1 aliphatic rings. The number of fused-ring (bicyclic) bond motifs is 3. The first-order valence-corrected chi connectivity index (χ1v) is 10.6. The monoisotopic (exact) mass is 405 g/mol. The lowest BCUT2D eigenvalue weighted by molar-refractivity contribution is 0.0993. The molecule has 7 heteroatoms. The summed E-state index contributed by atoms with van der Waals surface area (Å²) in [5.41, 5.74) is 2.59. The Kier molecular flexibility index (Phi) is 6.23. The first-order chi connectivity index (χ1) is 13.3.